The van der Waals surface area contributed by atoms with Gasteiger partial charge in [0, 0.05) is 5.56 Å². The molecule has 0 saturated carbocycles. The van der Waals surface area contributed by atoms with Gasteiger partial charge < -0.3 is 14.2 Å². The molecule has 1 heterocycles. The van der Waals surface area contributed by atoms with Crippen molar-refractivity contribution < 1.29 is 32.6 Å². The van der Waals surface area contributed by atoms with Crippen LogP contribution in [0.3, 0.4) is 0 Å². The Morgan fingerprint density at radius 2 is 1.87 bits per heavy atom. The number of hydrogen-bond acceptors (Lipinski definition) is 6. The first-order valence-corrected chi connectivity index (χ1v) is 6.30. The van der Waals surface area contributed by atoms with E-state index in [1.165, 1.54) is 32.6 Å². The number of carbonyl (C=O) groups is 2. The fraction of sp³-hybridized carbons (Fsp3) is 0.308. The van der Waals surface area contributed by atoms with Gasteiger partial charge in [-0.05, 0) is 12.1 Å². The third-order valence-electron chi connectivity index (χ3n) is 2.81. The maximum absolute atomic E-state index is 12.4. The highest BCUT2D eigenvalue weighted by atomic mass is 19.3. The molecule has 23 heavy (non-hydrogen) atoms. The molecule has 1 saturated heterocycles. The van der Waals surface area contributed by atoms with Crippen LogP contribution in [0.25, 0.3) is 0 Å². The molecule has 1 N–H and O–H groups in total. The molecule has 8 nitrogen and oxygen atoms in total. The monoisotopic (exact) mass is 329 g/mol. The molecule has 0 aromatic heterocycles. The number of amides is 3. The van der Waals surface area contributed by atoms with E-state index in [0.29, 0.717) is 5.56 Å². The number of rotatable bonds is 6. The Morgan fingerprint density at radius 3 is 2.30 bits per heavy atom. The molecule has 1 aromatic rings. The zero-order chi connectivity index (χ0) is 17.0. The highest BCUT2D eigenvalue weighted by Gasteiger charge is 2.26. The van der Waals surface area contributed by atoms with E-state index in [0.717, 1.165) is 5.01 Å². The van der Waals surface area contributed by atoms with E-state index in [4.69, 9.17) is 9.47 Å². The van der Waals surface area contributed by atoms with Crippen molar-refractivity contribution in [2.45, 2.75) is 6.61 Å². The summed E-state index contributed by atoms with van der Waals surface area (Å²) in [5.41, 5.74) is 0.396. The van der Waals surface area contributed by atoms with Gasteiger partial charge in [0.15, 0.2) is 11.5 Å². The normalized spacial score (nSPS) is 14.6. The zero-order valence-electron chi connectivity index (χ0n) is 12.2. The number of alkyl halides is 2. The summed E-state index contributed by atoms with van der Waals surface area (Å²) >= 11 is 0. The summed E-state index contributed by atoms with van der Waals surface area (Å²) in [6.07, 6.45) is 1.26. The number of urea groups is 1. The van der Waals surface area contributed by atoms with E-state index in [-0.39, 0.29) is 23.8 Å². The molecule has 0 unspecified atom stereocenters. The molecule has 0 radical (unpaired) electrons. The van der Waals surface area contributed by atoms with Crippen LogP contribution in [0.2, 0.25) is 0 Å². The number of hydrazone groups is 1. The molecule has 124 valence electrons. The van der Waals surface area contributed by atoms with Crippen LogP contribution >= 0.6 is 0 Å². The molecule has 3 amide bonds. The van der Waals surface area contributed by atoms with Crippen molar-refractivity contribution in [1.29, 1.82) is 0 Å². The Bertz CT molecular complexity index is 625. The first-order valence-electron chi connectivity index (χ1n) is 6.30. The van der Waals surface area contributed by atoms with Gasteiger partial charge in [-0.3, -0.25) is 10.1 Å². The average Bonchev–Trinajstić information content (AvgIpc) is 2.83. The first kappa shape index (κ1) is 16.5. The summed E-state index contributed by atoms with van der Waals surface area (Å²) in [5.74, 6) is -0.708. The smallest absolute Gasteiger partial charge is 0.387 e. The molecule has 10 heteroatoms. The molecule has 1 aliphatic heterocycles. The Balaban J connectivity index is 2.29. The molecule has 0 spiro atoms. The Hall–Kier alpha value is -2.91. The molecule has 1 aliphatic rings. The van der Waals surface area contributed by atoms with Crippen molar-refractivity contribution in [3.05, 3.63) is 17.7 Å². The minimum atomic E-state index is -3.04. The van der Waals surface area contributed by atoms with Gasteiger partial charge in [0.1, 0.15) is 6.54 Å². The van der Waals surface area contributed by atoms with Crippen LogP contribution in [0, 0.1) is 0 Å². The van der Waals surface area contributed by atoms with Crippen LogP contribution in [0.15, 0.2) is 17.2 Å². The van der Waals surface area contributed by atoms with Crippen molar-refractivity contribution in [1.82, 2.24) is 10.3 Å². The summed E-state index contributed by atoms with van der Waals surface area (Å²) in [6, 6.07) is 2.10. The number of nitrogens with zero attached hydrogens (tertiary/aromatic N) is 2. The number of carbonyl (C=O) groups excluding carboxylic acids is 2. The predicted molar refractivity (Wildman–Crippen MR) is 74.0 cm³/mol. The molecule has 0 aliphatic carbocycles. The van der Waals surface area contributed by atoms with E-state index in [2.05, 4.69) is 15.2 Å². The molecular weight excluding hydrogens is 316 g/mol. The van der Waals surface area contributed by atoms with Crippen LogP contribution in [0.5, 0.6) is 17.2 Å². The lowest BCUT2D eigenvalue weighted by Crippen LogP contribution is -2.24. The molecule has 0 bridgehead atoms. The van der Waals surface area contributed by atoms with Gasteiger partial charge in [0.05, 0.1) is 20.4 Å². The van der Waals surface area contributed by atoms with E-state index < -0.39 is 18.5 Å². The van der Waals surface area contributed by atoms with Crippen LogP contribution in [0.1, 0.15) is 5.56 Å². The molecule has 1 aromatic carbocycles. The highest BCUT2D eigenvalue weighted by molar-refractivity contribution is 6.02. The second-order valence-electron chi connectivity index (χ2n) is 4.29. The van der Waals surface area contributed by atoms with Gasteiger partial charge in [0.25, 0.3) is 0 Å². The summed E-state index contributed by atoms with van der Waals surface area (Å²) in [7, 11) is 2.56. The van der Waals surface area contributed by atoms with E-state index in [1.807, 2.05) is 0 Å². The molecule has 2 rings (SSSR count). The first-order chi connectivity index (χ1) is 10.9. The number of methoxy groups -OCH3 is 2. The van der Waals surface area contributed by atoms with Gasteiger partial charge in [-0.25, -0.2) is 9.80 Å². The summed E-state index contributed by atoms with van der Waals surface area (Å²) in [4.78, 5) is 22.4. The second-order valence-corrected chi connectivity index (χ2v) is 4.29. The maximum Gasteiger partial charge on any atom is 0.387 e. The Labute approximate surface area is 129 Å². The topological polar surface area (TPSA) is 89.5 Å². The quantitative estimate of drug-likeness (QED) is 0.625. The van der Waals surface area contributed by atoms with Crippen LogP contribution in [-0.4, -0.2) is 50.5 Å². The van der Waals surface area contributed by atoms with Crippen molar-refractivity contribution in [2.24, 2.45) is 5.10 Å². The lowest BCUT2D eigenvalue weighted by atomic mass is 10.2. The van der Waals surface area contributed by atoms with E-state index in [1.54, 1.807) is 0 Å². The number of halogens is 2. The number of nitrogens with one attached hydrogen (secondary N) is 1. The number of ether oxygens (including phenoxy) is 3. The van der Waals surface area contributed by atoms with Crippen LogP contribution in [0.4, 0.5) is 13.6 Å². The molecular formula is C13H13F2N3O5. The minimum Gasteiger partial charge on any atom is -0.493 e. The van der Waals surface area contributed by atoms with Gasteiger partial charge >= 0.3 is 12.6 Å². The largest absolute Gasteiger partial charge is 0.493 e. The molecule has 1 fully saturated rings. The van der Waals surface area contributed by atoms with Crippen LogP contribution < -0.4 is 19.5 Å². The van der Waals surface area contributed by atoms with Crippen molar-refractivity contribution in [3.63, 3.8) is 0 Å². The van der Waals surface area contributed by atoms with Gasteiger partial charge in [-0.2, -0.15) is 13.9 Å². The van der Waals surface area contributed by atoms with E-state index >= 15 is 0 Å². The Kier molecular flexibility index (Phi) is 4.94. The summed E-state index contributed by atoms with van der Waals surface area (Å²) in [5, 5.41) is 6.82. The molecule has 0 atom stereocenters. The standard InChI is InChI=1S/C13H13F2N3O5/c1-21-8-3-7(4-9(22-2)11(8)23-12(14)15)5-16-18-6-10(19)17-13(18)20/h3-5,12H,6H2,1-2H3,(H,17,19,20)/b16-5-. The SMILES string of the molecule is COc1cc(/C=N\N2CC(=O)NC2=O)cc(OC)c1OC(F)F. The summed E-state index contributed by atoms with van der Waals surface area (Å²) in [6.45, 7) is -3.24. The number of hydrogen-bond donors (Lipinski definition) is 1. The third-order valence-corrected chi connectivity index (χ3v) is 2.81. The maximum atomic E-state index is 12.4. The lowest BCUT2D eigenvalue weighted by Gasteiger charge is -2.14. The van der Waals surface area contributed by atoms with Crippen LogP contribution in [-0.2, 0) is 4.79 Å². The van der Waals surface area contributed by atoms with E-state index in [9.17, 15) is 18.4 Å². The van der Waals surface area contributed by atoms with Crippen molar-refractivity contribution in [3.8, 4) is 17.2 Å². The predicted octanol–water partition coefficient (Wildman–Crippen LogP) is 1.19. The van der Waals surface area contributed by atoms with Crippen molar-refractivity contribution >= 4 is 18.2 Å². The zero-order valence-corrected chi connectivity index (χ0v) is 12.2. The second kappa shape index (κ2) is 6.90. The van der Waals surface area contributed by atoms with Gasteiger partial charge in [-0.1, -0.05) is 0 Å². The van der Waals surface area contributed by atoms with Gasteiger partial charge in [-0.15, -0.1) is 0 Å². The summed E-state index contributed by atoms with van der Waals surface area (Å²) < 4.78 is 39.2. The average molecular weight is 329 g/mol. The fourth-order valence-corrected chi connectivity index (χ4v) is 1.84. The van der Waals surface area contributed by atoms with Crippen molar-refractivity contribution in [2.75, 3.05) is 20.8 Å². The highest BCUT2D eigenvalue weighted by Crippen LogP contribution is 2.39. The third kappa shape index (κ3) is 3.84. The lowest BCUT2D eigenvalue weighted by molar-refractivity contribution is -0.118. The minimum absolute atomic E-state index is 0.00745. The number of imide groups is 1. The van der Waals surface area contributed by atoms with Gasteiger partial charge in [0.2, 0.25) is 11.7 Å². The fourth-order valence-electron chi connectivity index (χ4n) is 1.84. The Morgan fingerprint density at radius 1 is 1.26 bits per heavy atom. The number of benzene rings is 1.